The minimum Gasteiger partial charge on any atom is -0.381 e. The molecule has 0 aliphatic carbocycles. The van der Waals surface area contributed by atoms with Crippen LogP contribution in [0.5, 0.6) is 0 Å². The van der Waals surface area contributed by atoms with E-state index in [4.69, 9.17) is 16.3 Å². The Morgan fingerprint density at radius 1 is 1.46 bits per heavy atom. The van der Waals surface area contributed by atoms with E-state index >= 15 is 0 Å². The fraction of sp³-hybridized carbons (Fsp3) is 0.400. The standard InChI is InChI=1S/C10H11ClOS/c11-9-2-1-3-10(4-9)13-7-8-5-12-6-8/h1-4,8H,5-7H2. The van der Waals surface area contributed by atoms with Gasteiger partial charge in [-0.2, -0.15) is 0 Å². The molecule has 1 nitrogen and oxygen atoms in total. The zero-order valence-electron chi connectivity index (χ0n) is 7.20. The monoisotopic (exact) mass is 214 g/mol. The van der Waals surface area contributed by atoms with Gasteiger partial charge in [-0.25, -0.2) is 0 Å². The van der Waals surface area contributed by atoms with Crippen molar-refractivity contribution in [1.82, 2.24) is 0 Å². The van der Waals surface area contributed by atoms with Crippen molar-refractivity contribution in [2.75, 3.05) is 19.0 Å². The molecular weight excluding hydrogens is 204 g/mol. The summed E-state index contributed by atoms with van der Waals surface area (Å²) in [6.45, 7) is 1.85. The molecule has 0 N–H and O–H groups in total. The number of benzene rings is 1. The maximum Gasteiger partial charge on any atom is 0.0524 e. The first kappa shape index (κ1) is 9.38. The minimum absolute atomic E-state index is 0.740. The van der Waals surface area contributed by atoms with Gasteiger partial charge in [-0.1, -0.05) is 17.7 Å². The van der Waals surface area contributed by atoms with Crippen molar-refractivity contribution in [3.8, 4) is 0 Å². The molecule has 1 saturated heterocycles. The molecule has 0 atom stereocenters. The molecule has 13 heavy (non-hydrogen) atoms. The second-order valence-electron chi connectivity index (χ2n) is 3.17. The molecule has 3 heteroatoms. The smallest absolute Gasteiger partial charge is 0.0524 e. The van der Waals surface area contributed by atoms with Gasteiger partial charge in [-0.3, -0.25) is 0 Å². The molecule has 1 aliphatic rings. The highest BCUT2D eigenvalue weighted by molar-refractivity contribution is 7.99. The Morgan fingerprint density at radius 2 is 2.31 bits per heavy atom. The molecule has 1 aliphatic heterocycles. The maximum atomic E-state index is 5.87. The Morgan fingerprint density at radius 3 is 2.92 bits per heavy atom. The summed E-state index contributed by atoms with van der Waals surface area (Å²) >= 11 is 7.72. The average molecular weight is 215 g/mol. The minimum atomic E-state index is 0.740. The summed E-state index contributed by atoms with van der Waals surface area (Å²) in [5.41, 5.74) is 0. The third-order valence-electron chi connectivity index (χ3n) is 1.99. The fourth-order valence-electron chi connectivity index (χ4n) is 1.15. The normalized spacial score (nSPS) is 17.0. The number of ether oxygens (including phenoxy) is 1. The highest BCUT2D eigenvalue weighted by atomic mass is 35.5. The van der Waals surface area contributed by atoms with E-state index in [0.29, 0.717) is 0 Å². The Hall–Kier alpha value is -0.180. The Bertz CT molecular complexity index is 286. The van der Waals surface area contributed by atoms with E-state index in [9.17, 15) is 0 Å². The van der Waals surface area contributed by atoms with Gasteiger partial charge in [0.25, 0.3) is 0 Å². The van der Waals surface area contributed by atoms with Crippen LogP contribution in [-0.4, -0.2) is 19.0 Å². The van der Waals surface area contributed by atoms with Crippen molar-refractivity contribution >= 4 is 23.4 Å². The van der Waals surface area contributed by atoms with Gasteiger partial charge in [-0.15, -0.1) is 11.8 Å². The molecule has 0 saturated carbocycles. The lowest BCUT2D eigenvalue weighted by atomic mass is 10.1. The highest BCUT2D eigenvalue weighted by Crippen LogP contribution is 2.25. The van der Waals surface area contributed by atoms with E-state index in [2.05, 4.69) is 6.07 Å². The zero-order valence-corrected chi connectivity index (χ0v) is 8.77. The van der Waals surface area contributed by atoms with E-state index in [1.807, 2.05) is 30.0 Å². The van der Waals surface area contributed by atoms with E-state index in [1.54, 1.807) is 0 Å². The average Bonchev–Trinajstić information content (AvgIpc) is 2.01. The predicted octanol–water partition coefficient (Wildman–Crippen LogP) is 3.08. The number of hydrogen-bond acceptors (Lipinski definition) is 2. The number of halogens is 1. The Labute approximate surface area is 87.4 Å². The van der Waals surface area contributed by atoms with Crippen molar-refractivity contribution in [2.24, 2.45) is 5.92 Å². The van der Waals surface area contributed by atoms with Crippen molar-refractivity contribution in [1.29, 1.82) is 0 Å². The first-order valence-corrected chi connectivity index (χ1v) is 5.67. The van der Waals surface area contributed by atoms with Crippen LogP contribution >= 0.6 is 23.4 Å². The lowest BCUT2D eigenvalue weighted by Crippen LogP contribution is -2.29. The summed E-state index contributed by atoms with van der Waals surface area (Å²) in [5, 5.41) is 0.815. The van der Waals surface area contributed by atoms with Gasteiger partial charge in [0.2, 0.25) is 0 Å². The van der Waals surface area contributed by atoms with Crippen molar-refractivity contribution in [3.05, 3.63) is 29.3 Å². The molecule has 0 spiro atoms. The summed E-state index contributed by atoms with van der Waals surface area (Å²) in [4.78, 5) is 1.25. The number of thioether (sulfide) groups is 1. The van der Waals surface area contributed by atoms with Crippen LogP contribution in [0.1, 0.15) is 0 Å². The van der Waals surface area contributed by atoms with E-state index < -0.39 is 0 Å². The lowest BCUT2D eigenvalue weighted by Gasteiger charge is -2.25. The molecule has 0 unspecified atom stereocenters. The van der Waals surface area contributed by atoms with Gasteiger partial charge >= 0.3 is 0 Å². The molecule has 0 amide bonds. The van der Waals surface area contributed by atoms with Crippen LogP contribution in [0.4, 0.5) is 0 Å². The molecule has 1 aromatic rings. The molecular formula is C10H11ClOS. The topological polar surface area (TPSA) is 9.23 Å². The van der Waals surface area contributed by atoms with Gasteiger partial charge in [0.15, 0.2) is 0 Å². The molecule has 2 rings (SSSR count). The number of hydrogen-bond donors (Lipinski definition) is 0. The first-order chi connectivity index (χ1) is 6.34. The molecule has 0 radical (unpaired) electrons. The van der Waals surface area contributed by atoms with E-state index in [1.165, 1.54) is 4.90 Å². The zero-order chi connectivity index (χ0) is 9.10. The predicted molar refractivity (Wildman–Crippen MR) is 56.5 cm³/mol. The fourth-order valence-corrected chi connectivity index (χ4v) is 2.41. The van der Waals surface area contributed by atoms with E-state index in [-0.39, 0.29) is 0 Å². The second kappa shape index (κ2) is 4.36. The van der Waals surface area contributed by atoms with Crippen LogP contribution in [0.15, 0.2) is 29.2 Å². The summed E-state index contributed by atoms with van der Waals surface area (Å²) < 4.78 is 5.11. The Balaban J connectivity index is 1.86. The van der Waals surface area contributed by atoms with Crippen molar-refractivity contribution in [2.45, 2.75) is 4.90 Å². The lowest BCUT2D eigenvalue weighted by molar-refractivity contribution is -0.0196. The van der Waals surface area contributed by atoms with Crippen LogP contribution in [0.3, 0.4) is 0 Å². The molecule has 0 aromatic heterocycles. The van der Waals surface area contributed by atoms with Crippen LogP contribution in [0.2, 0.25) is 5.02 Å². The molecule has 0 bridgehead atoms. The summed E-state index contributed by atoms with van der Waals surface area (Å²) in [6.07, 6.45) is 0. The van der Waals surface area contributed by atoms with Crippen LogP contribution in [0.25, 0.3) is 0 Å². The second-order valence-corrected chi connectivity index (χ2v) is 4.70. The van der Waals surface area contributed by atoms with Gasteiger partial charge < -0.3 is 4.74 Å². The van der Waals surface area contributed by atoms with Gasteiger partial charge in [-0.05, 0) is 18.2 Å². The van der Waals surface area contributed by atoms with Crippen LogP contribution in [-0.2, 0) is 4.74 Å². The van der Waals surface area contributed by atoms with Gasteiger partial charge in [0, 0.05) is 21.6 Å². The summed E-state index contributed by atoms with van der Waals surface area (Å²) in [7, 11) is 0. The maximum absolute atomic E-state index is 5.87. The van der Waals surface area contributed by atoms with Gasteiger partial charge in [0.1, 0.15) is 0 Å². The van der Waals surface area contributed by atoms with Crippen LogP contribution in [0, 0.1) is 5.92 Å². The largest absolute Gasteiger partial charge is 0.381 e. The first-order valence-electron chi connectivity index (χ1n) is 4.31. The molecule has 1 aromatic carbocycles. The van der Waals surface area contributed by atoms with E-state index in [0.717, 1.165) is 29.9 Å². The quantitative estimate of drug-likeness (QED) is 0.716. The van der Waals surface area contributed by atoms with Crippen molar-refractivity contribution in [3.63, 3.8) is 0 Å². The van der Waals surface area contributed by atoms with Crippen LogP contribution < -0.4 is 0 Å². The molecule has 1 fully saturated rings. The third-order valence-corrected chi connectivity index (χ3v) is 3.45. The summed E-state index contributed by atoms with van der Waals surface area (Å²) in [5.74, 6) is 1.88. The Kier molecular flexibility index (Phi) is 3.14. The van der Waals surface area contributed by atoms with Gasteiger partial charge in [0.05, 0.1) is 13.2 Å². The molecule has 70 valence electrons. The molecule has 1 heterocycles. The highest BCUT2D eigenvalue weighted by Gasteiger charge is 2.17. The third kappa shape index (κ3) is 2.63. The summed E-state index contributed by atoms with van der Waals surface area (Å²) in [6, 6.07) is 7.99. The number of rotatable bonds is 3. The SMILES string of the molecule is Clc1cccc(SCC2COC2)c1. The van der Waals surface area contributed by atoms with Crippen molar-refractivity contribution < 1.29 is 4.74 Å².